The molecular weight excluding hydrogens is 184 g/mol. The van der Waals surface area contributed by atoms with Crippen LogP contribution in [-0.4, -0.2) is 12.2 Å². The molecule has 1 nitrogen and oxygen atoms in total. The molecule has 1 aliphatic heterocycles. The van der Waals surface area contributed by atoms with E-state index in [-0.39, 0.29) is 0 Å². The van der Waals surface area contributed by atoms with Gasteiger partial charge in [0.15, 0.2) is 0 Å². The molecular formula is C14H26O. The molecule has 2 fully saturated rings. The molecule has 1 heterocycles. The fourth-order valence-corrected chi connectivity index (χ4v) is 3.61. The van der Waals surface area contributed by atoms with Crippen LogP contribution in [0.25, 0.3) is 0 Å². The first-order valence-electron chi connectivity index (χ1n) is 6.75. The van der Waals surface area contributed by atoms with Crippen molar-refractivity contribution in [3.05, 3.63) is 0 Å². The molecule has 0 spiro atoms. The van der Waals surface area contributed by atoms with Crippen molar-refractivity contribution in [2.45, 2.75) is 72.0 Å². The second kappa shape index (κ2) is 4.08. The minimum absolute atomic E-state index is 0.366. The van der Waals surface area contributed by atoms with E-state index in [4.69, 9.17) is 4.74 Å². The summed E-state index contributed by atoms with van der Waals surface area (Å²) >= 11 is 0. The van der Waals surface area contributed by atoms with Gasteiger partial charge in [-0.25, -0.2) is 0 Å². The molecule has 0 aromatic carbocycles. The van der Waals surface area contributed by atoms with E-state index < -0.39 is 0 Å². The number of ether oxygens (including phenoxy) is 1. The van der Waals surface area contributed by atoms with Crippen molar-refractivity contribution in [2.75, 3.05) is 0 Å². The van der Waals surface area contributed by atoms with E-state index in [1.807, 2.05) is 0 Å². The van der Waals surface area contributed by atoms with Gasteiger partial charge in [-0.15, -0.1) is 0 Å². The van der Waals surface area contributed by atoms with Crippen LogP contribution in [0.2, 0.25) is 0 Å². The minimum Gasteiger partial charge on any atom is -0.374 e. The zero-order valence-electron chi connectivity index (χ0n) is 10.8. The Labute approximate surface area is 94.6 Å². The zero-order chi connectivity index (χ0) is 11.1. The Morgan fingerprint density at radius 1 is 1.20 bits per heavy atom. The first-order chi connectivity index (χ1) is 7.10. The van der Waals surface area contributed by atoms with Gasteiger partial charge < -0.3 is 4.74 Å². The molecule has 1 heteroatoms. The highest BCUT2D eigenvalue weighted by Gasteiger charge is 2.50. The van der Waals surface area contributed by atoms with Gasteiger partial charge in [0.1, 0.15) is 0 Å². The smallest absolute Gasteiger partial charge is 0.0661 e. The van der Waals surface area contributed by atoms with Crippen LogP contribution in [0.3, 0.4) is 0 Å². The maximum atomic E-state index is 6.34. The highest BCUT2D eigenvalue weighted by atomic mass is 16.5. The van der Waals surface area contributed by atoms with Gasteiger partial charge >= 0.3 is 0 Å². The Morgan fingerprint density at radius 3 is 2.53 bits per heavy atom. The maximum Gasteiger partial charge on any atom is 0.0661 e. The predicted molar refractivity (Wildman–Crippen MR) is 63.9 cm³/mol. The number of hydrogen-bond donors (Lipinski definition) is 0. The molecule has 0 radical (unpaired) electrons. The van der Waals surface area contributed by atoms with Gasteiger partial charge in [0.25, 0.3) is 0 Å². The van der Waals surface area contributed by atoms with Crippen LogP contribution in [0.5, 0.6) is 0 Å². The molecule has 15 heavy (non-hydrogen) atoms. The Bertz CT molecular complexity index is 221. The third-order valence-electron chi connectivity index (χ3n) is 4.92. The van der Waals surface area contributed by atoms with Gasteiger partial charge in [0.05, 0.1) is 12.2 Å². The lowest BCUT2D eigenvalue weighted by Crippen LogP contribution is -2.34. The molecule has 0 bridgehead atoms. The summed E-state index contributed by atoms with van der Waals surface area (Å²) in [5, 5.41) is 0. The fourth-order valence-electron chi connectivity index (χ4n) is 3.61. The third kappa shape index (κ3) is 1.84. The van der Waals surface area contributed by atoms with Crippen molar-refractivity contribution < 1.29 is 4.74 Å². The van der Waals surface area contributed by atoms with Crippen molar-refractivity contribution >= 4 is 0 Å². The SMILES string of the molecule is CCC1C2CCCC2OC1C(C)(C)CC. The summed E-state index contributed by atoms with van der Waals surface area (Å²) < 4.78 is 6.34. The van der Waals surface area contributed by atoms with Gasteiger partial charge in [-0.2, -0.15) is 0 Å². The summed E-state index contributed by atoms with van der Waals surface area (Å²) in [6, 6.07) is 0. The topological polar surface area (TPSA) is 9.23 Å². The van der Waals surface area contributed by atoms with Crippen LogP contribution in [0.4, 0.5) is 0 Å². The largest absolute Gasteiger partial charge is 0.374 e. The predicted octanol–water partition coefficient (Wildman–Crippen LogP) is 4.02. The molecule has 2 aliphatic rings. The molecule has 4 unspecified atom stereocenters. The molecule has 4 atom stereocenters. The second-order valence-corrected chi connectivity index (χ2v) is 6.10. The van der Waals surface area contributed by atoms with Gasteiger partial charge in [-0.3, -0.25) is 0 Å². The third-order valence-corrected chi connectivity index (χ3v) is 4.92. The second-order valence-electron chi connectivity index (χ2n) is 6.10. The van der Waals surface area contributed by atoms with Crippen molar-refractivity contribution in [2.24, 2.45) is 17.3 Å². The summed E-state index contributed by atoms with van der Waals surface area (Å²) in [5.74, 6) is 1.71. The molecule has 88 valence electrons. The van der Waals surface area contributed by atoms with Gasteiger partial charge in [-0.05, 0) is 36.5 Å². The summed E-state index contributed by atoms with van der Waals surface area (Å²) in [4.78, 5) is 0. The van der Waals surface area contributed by atoms with E-state index in [1.54, 1.807) is 0 Å². The molecule has 1 aliphatic carbocycles. The van der Waals surface area contributed by atoms with Crippen molar-refractivity contribution in [3.8, 4) is 0 Å². The minimum atomic E-state index is 0.366. The highest BCUT2D eigenvalue weighted by Crippen LogP contribution is 2.50. The van der Waals surface area contributed by atoms with E-state index in [9.17, 15) is 0 Å². The Hall–Kier alpha value is -0.0400. The Morgan fingerprint density at radius 2 is 1.93 bits per heavy atom. The average molecular weight is 210 g/mol. The maximum absolute atomic E-state index is 6.34. The van der Waals surface area contributed by atoms with Crippen LogP contribution in [0.1, 0.15) is 59.8 Å². The molecule has 1 saturated heterocycles. The summed E-state index contributed by atoms with van der Waals surface area (Å²) in [7, 11) is 0. The van der Waals surface area contributed by atoms with E-state index >= 15 is 0 Å². The summed E-state index contributed by atoms with van der Waals surface area (Å²) in [6.45, 7) is 9.39. The van der Waals surface area contributed by atoms with Crippen molar-refractivity contribution in [1.82, 2.24) is 0 Å². The van der Waals surface area contributed by atoms with Crippen LogP contribution in [0.15, 0.2) is 0 Å². The quantitative estimate of drug-likeness (QED) is 0.683. The van der Waals surface area contributed by atoms with E-state index in [0.717, 1.165) is 11.8 Å². The Kier molecular flexibility index (Phi) is 3.12. The van der Waals surface area contributed by atoms with Crippen LogP contribution >= 0.6 is 0 Å². The van der Waals surface area contributed by atoms with Gasteiger partial charge in [0, 0.05) is 0 Å². The van der Waals surface area contributed by atoms with Crippen LogP contribution in [0, 0.1) is 17.3 Å². The standard InChI is InChI=1S/C14H26O/c1-5-10-11-8-7-9-12(11)15-13(10)14(3,4)6-2/h10-13H,5-9H2,1-4H3. The molecule has 2 rings (SSSR count). The zero-order valence-corrected chi connectivity index (χ0v) is 10.8. The van der Waals surface area contributed by atoms with E-state index in [2.05, 4.69) is 27.7 Å². The Balaban J connectivity index is 2.14. The normalized spacial score (nSPS) is 40.8. The van der Waals surface area contributed by atoms with Gasteiger partial charge in [-0.1, -0.05) is 40.5 Å². The lowest BCUT2D eigenvalue weighted by atomic mass is 9.73. The van der Waals surface area contributed by atoms with Crippen molar-refractivity contribution in [1.29, 1.82) is 0 Å². The lowest BCUT2D eigenvalue weighted by Gasteiger charge is -2.35. The van der Waals surface area contributed by atoms with Crippen molar-refractivity contribution in [3.63, 3.8) is 0 Å². The number of fused-ring (bicyclic) bond motifs is 1. The average Bonchev–Trinajstić information content (AvgIpc) is 2.76. The molecule has 1 saturated carbocycles. The van der Waals surface area contributed by atoms with E-state index in [0.29, 0.717) is 17.6 Å². The molecule has 0 N–H and O–H groups in total. The number of hydrogen-bond acceptors (Lipinski definition) is 1. The molecule has 0 aromatic rings. The van der Waals surface area contributed by atoms with Crippen LogP contribution < -0.4 is 0 Å². The first kappa shape index (κ1) is 11.4. The van der Waals surface area contributed by atoms with Gasteiger partial charge in [0.2, 0.25) is 0 Å². The first-order valence-corrected chi connectivity index (χ1v) is 6.75. The molecule has 0 amide bonds. The molecule has 0 aromatic heterocycles. The monoisotopic (exact) mass is 210 g/mol. The summed E-state index contributed by atoms with van der Waals surface area (Å²) in [6.07, 6.45) is 7.78. The highest BCUT2D eigenvalue weighted by molar-refractivity contribution is 4.98. The van der Waals surface area contributed by atoms with E-state index in [1.165, 1.54) is 32.1 Å². The summed E-state index contributed by atoms with van der Waals surface area (Å²) in [5.41, 5.74) is 0.366. The number of rotatable bonds is 3. The fraction of sp³-hybridized carbons (Fsp3) is 1.00. The lowest BCUT2D eigenvalue weighted by molar-refractivity contribution is -0.0401. The van der Waals surface area contributed by atoms with Crippen LogP contribution in [-0.2, 0) is 4.74 Å².